The van der Waals surface area contributed by atoms with Gasteiger partial charge in [-0.2, -0.15) is 0 Å². The lowest BCUT2D eigenvalue weighted by Crippen LogP contribution is -2.26. The molecule has 7 nitrogen and oxygen atoms in total. The van der Waals surface area contributed by atoms with E-state index in [0.29, 0.717) is 10.6 Å². The average Bonchev–Trinajstić information content (AvgIpc) is 2.93. The second kappa shape index (κ2) is 7.02. The molecule has 2 aromatic heterocycles. The number of nitrogens with zero attached hydrogens (tertiary/aromatic N) is 5. The van der Waals surface area contributed by atoms with Crippen molar-refractivity contribution in [3.8, 4) is 0 Å². The van der Waals surface area contributed by atoms with Gasteiger partial charge in [-0.05, 0) is 19.9 Å². The molecule has 2 N–H and O–H groups in total. The summed E-state index contributed by atoms with van der Waals surface area (Å²) in [6.07, 6.45) is 8.36. The molecule has 0 unspecified atom stereocenters. The lowest BCUT2D eigenvalue weighted by atomic mass is 10.2. The number of hydrogen-bond donors (Lipinski definition) is 1. The maximum Gasteiger partial charge on any atom is 0.194 e. The Morgan fingerprint density at radius 3 is 2.96 bits per heavy atom. The quantitative estimate of drug-likeness (QED) is 0.848. The van der Waals surface area contributed by atoms with E-state index < -0.39 is 0 Å². The third kappa shape index (κ3) is 3.00. The Morgan fingerprint density at radius 2 is 2.28 bits per heavy atom. The predicted molar refractivity (Wildman–Crippen MR) is 103 cm³/mol. The fourth-order valence-corrected chi connectivity index (χ4v) is 3.64. The Bertz CT molecular complexity index is 898. The summed E-state index contributed by atoms with van der Waals surface area (Å²) in [5, 5.41) is 0.822. The fraction of sp³-hybridized carbons (Fsp3) is 0.294. The van der Waals surface area contributed by atoms with Crippen molar-refractivity contribution in [3.63, 3.8) is 0 Å². The van der Waals surface area contributed by atoms with Crippen molar-refractivity contribution in [2.75, 3.05) is 25.0 Å². The van der Waals surface area contributed by atoms with Gasteiger partial charge in [-0.3, -0.25) is 4.79 Å². The van der Waals surface area contributed by atoms with E-state index in [9.17, 15) is 4.79 Å². The molecule has 0 aromatic carbocycles. The van der Waals surface area contributed by atoms with Gasteiger partial charge in [0.15, 0.2) is 5.78 Å². The molecule has 1 aliphatic rings. The molecule has 0 bridgehead atoms. The summed E-state index contributed by atoms with van der Waals surface area (Å²) in [5.74, 6) is 0.774. The SMILES string of the molecule is C/C=C\C(=C/N)N1C=Nc2c(sc3ncnc(N(C)CC)c23)C(=O)C1. The highest BCUT2D eigenvalue weighted by Crippen LogP contribution is 2.42. The molecule has 3 heterocycles. The third-order valence-corrected chi connectivity index (χ3v) is 5.14. The second-order valence-corrected chi connectivity index (χ2v) is 6.56. The van der Waals surface area contributed by atoms with E-state index in [-0.39, 0.29) is 12.3 Å². The molecule has 8 heteroatoms. The van der Waals surface area contributed by atoms with E-state index in [1.165, 1.54) is 23.9 Å². The van der Waals surface area contributed by atoms with Gasteiger partial charge in [0.1, 0.15) is 21.9 Å². The minimum atomic E-state index is -0.00976. The largest absolute Gasteiger partial charge is 0.403 e. The molecular formula is C17H20N6OS. The summed E-state index contributed by atoms with van der Waals surface area (Å²) < 4.78 is 0. The van der Waals surface area contributed by atoms with Crippen molar-refractivity contribution in [1.82, 2.24) is 14.9 Å². The number of Topliss-reactive ketones (excluding diaryl/α,β-unsaturated/α-hetero) is 1. The van der Waals surface area contributed by atoms with Gasteiger partial charge in [0.25, 0.3) is 0 Å². The van der Waals surface area contributed by atoms with Crippen molar-refractivity contribution in [2.24, 2.45) is 10.7 Å². The molecule has 0 aliphatic carbocycles. The number of hydrogen-bond acceptors (Lipinski definition) is 8. The normalized spacial score (nSPS) is 15.1. The molecule has 3 rings (SSSR count). The number of aliphatic imine (C=N–C) groups is 1. The Kier molecular flexibility index (Phi) is 4.80. The monoisotopic (exact) mass is 356 g/mol. The number of nitrogens with two attached hydrogens (primary N) is 1. The molecule has 0 amide bonds. The van der Waals surface area contributed by atoms with E-state index in [4.69, 9.17) is 5.73 Å². The Hall–Kier alpha value is -2.74. The zero-order chi connectivity index (χ0) is 18.0. The minimum absolute atomic E-state index is 0.00976. The molecule has 25 heavy (non-hydrogen) atoms. The molecular weight excluding hydrogens is 336 g/mol. The summed E-state index contributed by atoms with van der Waals surface area (Å²) in [6, 6.07) is 0. The maximum absolute atomic E-state index is 12.8. The highest BCUT2D eigenvalue weighted by molar-refractivity contribution is 7.21. The van der Waals surface area contributed by atoms with Crippen LogP contribution in [-0.2, 0) is 0 Å². The number of anilines is 1. The molecule has 1 aliphatic heterocycles. The maximum atomic E-state index is 12.8. The number of fused-ring (bicyclic) bond motifs is 3. The zero-order valence-corrected chi connectivity index (χ0v) is 15.2. The van der Waals surface area contributed by atoms with Crippen molar-refractivity contribution < 1.29 is 4.79 Å². The van der Waals surface area contributed by atoms with Crippen molar-refractivity contribution >= 4 is 45.2 Å². The van der Waals surface area contributed by atoms with E-state index in [0.717, 1.165) is 28.3 Å². The van der Waals surface area contributed by atoms with Crippen LogP contribution < -0.4 is 10.6 Å². The number of thiophene rings is 1. The minimum Gasteiger partial charge on any atom is -0.403 e. The lowest BCUT2D eigenvalue weighted by molar-refractivity contribution is 0.0980. The van der Waals surface area contributed by atoms with Gasteiger partial charge in [0.2, 0.25) is 0 Å². The molecule has 0 saturated carbocycles. The first-order chi connectivity index (χ1) is 12.1. The van der Waals surface area contributed by atoms with Crippen LogP contribution in [-0.4, -0.2) is 47.1 Å². The highest BCUT2D eigenvalue weighted by atomic mass is 32.1. The number of carbonyl (C=O) groups is 1. The van der Waals surface area contributed by atoms with E-state index >= 15 is 0 Å². The summed E-state index contributed by atoms with van der Waals surface area (Å²) in [7, 11) is 1.96. The van der Waals surface area contributed by atoms with Crippen LogP contribution in [0.25, 0.3) is 10.2 Å². The fourth-order valence-electron chi connectivity index (χ4n) is 2.63. The van der Waals surface area contributed by atoms with Crippen LogP contribution in [0.2, 0.25) is 0 Å². The van der Waals surface area contributed by atoms with Gasteiger partial charge in [-0.1, -0.05) is 6.08 Å². The first-order valence-corrected chi connectivity index (χ1v) is 8.79. The van der Waals surface area contributed by atoms with Gasteiger partial charge >= 0.3 is 0 Å². The first-order valence-electron chi connectivity index (χ1n) is 7.97. The topological polar surface area (TPSA) is 87.7 Å². The Morgan fingerprint density at radius 1 is 1.48 bits per heavy atom. The van der Waals surface area contributed by atoms with Crippen LogP contribution in [0, 0.1) is 0 Å². The number of allylic oxidation sites excluding steroid dienone is 2. The number of rotatable bonds is 4. The first kappa shape index (κ1) is 17.1. The molecule has 0 saturated heterocycles. The van der Waals surface area contributed by atoms with Gasteiger partial charge in [-0.15, -0.1) is 11.3 Å². The summed E-state index contributed by atoms with van der Waals surface area (Å²) in [4.78, 5) is 31.3. The van der Waals surface area contributed by atoms with Crippen molar-refractivity contribution in [1.29, 1.82) is 0 Å². The van der Waals surface area contributed by atoms with Gasteiger partial charge < -0.3 is 15.5 Å². The van der Waals surface area contributed by atoms with E-state index in [1.54, 1.807) is 11.2 Å². The van der Waals surface area contributed by atoms with Gasteiger partial charge in [-0.25, -0.2) is 15.0 Å². The molecule has 0 atom stereocenters. The van der Waals surface area contributed by atoms with Crippen LogP contribution in [0.15, 0.2) is 35.4 Å². The lowest BCUT2D eigenvalue weighted by Gasteiger charge is -2.17. The van der Waals surface area contributed by atoms with E-state index in [1.807, 2.05) is 37.9 Å². The Labute approximate surface area is 150 Å². The number of ketones is 1. The van der Waals surface area contributed by atoms with Crippen LogP contribution in [0.5, 0.6) is 0 Å². The smallest absolute Gasteiger partial charge is 0.194 e. The van der Waals surface area contributed by atoms with E-state index in [2.05, 4.69) is 15.0 Å². The number of carbonyl (C=O) groups excluding carboxylic acids is 1. The molecule has 2 aromatic rings. The number of aromatic nitrogens is 2. The van der Waals surface area contributed by atoms with Crippen LogP contribution in [0.1, 0.15) is 23.5 Å². The predicted octanol–water partition coefficient (Wildman–Crippen LogP) is 2.68. The van der Waals surface area contributed by atoms with Crippen LogP contribution in [0.4, 0.5) is 11.5 Å². The summed E-state index contributed by atoms with van der Waals surface area (Å²) >= 11 is 1.36. The standard InChI is InChI=1S/C17H20N6OS/c1-4-6-11(7-18)23-8-12(24)15-14(21-10-23)13-16(22(3)5-2)19-9-20-17(13)25-15/h4,6-7,9-10H,5,8,18H2,1-3H3/b6-4-,11-7+. The second-order valence-electron chi connectivity index (χ2n) is 5.56. The Balaban J connectivity index is 2.16. The molecule has 0 spiro atoms. The van der Waals surface area contributed by atoms with Crippen LogP contribution >= 0.6 is 11.3 Å². The third-order valence-electron chi connectivity index (χ3n) is 4.01. The van der Waals surface area contributed by atoms with Gasteiger partial charge in [0.05, 0.1) is 29.7 Å². The molecule has 0 fully saturated rings. The average molecular weight is 356 g/mol. The van der Waals surface area contributed by atoms with Crippen molar-refractivity contribution in [2.45, 2.75) is 13.8 Å². The van der Waals surface area contributed by atoms with Crippen LogP contribution in [0.3, 0.4) is 0 Å². The zero-order valence-electron chi connectivity index (χ0n) is 14.4. The molecule has 0 radical (unpaired) electrons. The summed E-state index contributed by atoms with van der Waals surface area (Å²) in [5.41, 5.74) is 7.05. The summed E-state index contributed by atoms with van der Waals surface area (Å²) in [6.45, 7) is 4.92. The highest BCUT2D eigenvalue weighted by Gasteiger charge is 2.26. The molecule has 130 valence electrons. The van der Waals surface area contributed by atoms with Gasteiger partial charge in [0, 0.05) is 19.8 Å². The van der Waals surface area contributed by atoms with Crippen molar-refractivity contribution in [3.05, 3.63) is 35.3 Å².